The van der Waals surface area contributed by atoms with Crippen LogP contribution in [0.4, 0.5) is 17.3 Å². The summed E-state index contributed by atoms with van der Waals surface area (Å²) in [6.07, 6.45) is 2.08. The molecule has 0 radical (unpaired) electrons. The maximum absolute atomic E-state index is 13.5. The van der Waals surface area contributed by atoms with Gasteiger partial charge in [-0.2, -0.15) is 4.98 Å². The van der Waals surface area contributed by atoms with Crippen LogP contribution in [-0.4, -0.2) is 31.3 Å². The van der Waals surface area contributed by atoms with Gasteiger partial charge in [0.25, 0.3) is 11.6 Å². The maximum atomic E-state index is 13.5. The Balaban J connectivity index is 1.80. The van der Waals surface area contributed by atoms with Gasteiger partial charge >= 0.3 is 0 Å². The van der Waals surface area contributed by atoms with Crippen LogP contribution in [0.15, 0.2) is 65.0 Å². The molecule has 2 aromatic carbocycles. The first-order valence-corrected chi connectivity index (χ1v) is 12.1. The molecule has 9 nitrogen and oxygen atoms in total. The molecule has 0 fully saturated rings. The van der Waals surface area contributed by atoms with Crippen LogP contribution in [0.5, 0.6) is 0 Å². The highest BCUT2D eigenvalue weighted by Gasteiger charge is 2.37. The summed E-state index contributed by atoms with van der Waals surface area (Å²) >= 11 is 1.53. The molecule has 1 aliphatic heterocycles. The van der Waals surface area contributed by atoms with Crippen LogP contribution < -0.4 is 10.6 Å². The van der Waals surface area contributed by atoms with Crippen LogP contribution in [0.1, 0.15) is 43.9 Å². The number of nitrogens with zero attached hydrogens (tertiary/aromatic N) is 4. The van der Waals surface area contributed by atoms with E-state index in [1.165, 1.54) is 17.8 Å². The van der Waals surface area contributed by atoms with Crippen LogP contribution in [0.25, 0.3) is 0 Å². The van der Waals surface area contributed by atoms with E-state index in [0.29, 0.717) is 33.6 Å². The number of thioether (sulfide) groups is 1. The van der Waals surface area contributed by atoms with Crippen LogP contribution in [0.3, 0.4) is 0 Å². The van der Waals surface area contributed by atoms with Crippen molar-refractivity contribution in [3.8, 4) is 0 Å². The Morgan fingerprint density at radius 2 is 2.03 bits per heavy atom. The van der Waals surface area contributed by atoms with Gasteiger partial charge in [0, 0.05) is 23.2 Å². The number of carbonyl (C=O) groups excluding carboxylic acids is 1. The molecule has 1 unspecified atom stereocenters. The fraction of sp³-hybridized carbons (Fsp3) is 0.292. The van der Waals surface area contributed by atoms with E-state index < -0.39 is 11.0 Å². The number of hydrogen-bond donors (Lipinski definition) is 2. The average Bonchev–Trinajstić information content (AvgIpc) is 3.20. The molecule has 1 aliphatic rings. The zero-order valence-electron chi connectivity index (χ0n) is 19.2. The largest absolute Gasteiger partial charge is 0.328 e. The minimum atomic E-state index is -0.810. The molecule has 10 heteroatoms. The molecule has 4 rings (SSSR count). The number of para-hydroxylation sites is 1. The van der Waals surface area contributed by atoms with Gasteiger partial charge in [-0.1, -0.05) is 49.4 Å². The quantitative estimate of drug-likeness (QED) is 0.195. The first-order chi connectivity index (χ1) is 16.4. The Morgan fingerprint density at radius 3 is 2.76 bits per heavy atom. The first kappa shape index (κ1) is 23.5. The molecule has 0 saturated carbocycles. The van der Waals surface area contributed by atoms with Crippen molar-refractivity contribution in [2.45, 2.75) is 44.8 Å². The summed E-state index contributed by atoms with van der Waals surface area (Å²) in [6.45, 7) is 5.83. The lowest BCUT2D eigenvalue weighted by atomic mass is 9.93. The van der Waals surface area contributed by atoms with Crippen molar-refractivity contribution in [1.29, 1.82) is 0 Å². The molecule has 2 heterocycles. The van der Waals surface area contributed by atoms with Crippen molar-refractivity contribution in [2.24, 2.45) is 0 Å². The second kappa shape index (κ2) is 10.1. The van der Waals surface area contributed by atoms with Crippen molar-refractivity contribution >= 4 is 35.0 Å². The lowest BCUT2D eigenvalue weighted by Gasteiger charge is -2.28. The van der Waals surface area contributed by atoms with Gasteiger partial charge in [-0.05, 0) is 44.0 Å². The topological polar surface area (TPSA) is 115 Å². The number of fused-ring (bicyclic) bond motifs is 1. The molecular formula is C24H26N6O3S. The Kier molecular flexibility index (Phi) is 6.97. The fourth-order valence-corrected chi connectivity index (χ4v) is 4.80. The number of aromatic nitrogens is 3. The number of benzene rings is 2. The number of nitro groups is 1. The molecule has 0 aliphatic carbocycles. The van der Waals surface area contributed by atoms with E-state index in [1.807, 2.05) is 25.1 Å². The normalized spacial score (nSPS) is 15.0. The number of nitrogens with one attached hydrogen (secondary N) is 2. The number of rotatable bonds is 8. The maximum Gasteiger partial charge on any atom is 0.275 e. The van der Waals surface area contributed by atoms with Crippen molar-refractivity contribution < 1.29 is 9.72 Å². The SMILES string of the molecule is CCCCSc1nc2n(n1)C(c1ccccc1[N+](=O)[O-])C(C(=O)Nc1cccc(C)c1)=C(C)N2. The van der Waals surface area contributed by atoms with Crippen LogP contribution in [-0.2, 0) is 4.79 Å². The molecule has 1 amide bonds. The number of hydrogen-bond acceptors (Lipinski definition) is 7. The number of amides is 1. The summed E-state index contributed by atoms with van der Waals surface area (Å²) in [5.41, 5.74) is 2.86. The second-order valence-corrected chi connectivity index (χ2v) is 9.13. The highest BCUT2D eigenvalue weighted by Crippen LogP contribution is 2.40. The van der Waals surface area contributed by atoms with Crippen molar-refractivity contribution in [3.05, 3.63) is 81.0 Å². The van der Waals surface area contributed by atoms with Crippen LogP contribution in [0.2, 0.25) is 0 Å². The van der Waals surface area contributed by atoms with Gasteiger partial charge in [-0.3, -0.25) is 14.9 Å². The number of nitro benzene ring substituents is 1. The minimum absolute atomic E-state index is 0.0790. The van der Waals surface area contributed by atoms with E-state index in [1.54, 1.807) is 35.9 Å². The Hall–Kier alpha value is -3.66. The molecule has 2 N–H and O–H groups in total. The lowest BCUT2D eigenvalue weighted by molar-refractivity contribution is -0.385. The van der Waals surface area contributed by atoms with Gasteiger partial charge < -0.3 is 10.6 Å². The monoisotopic (exact) mass is 478 g/mol. The third-order valence-corrected chi connectivity index (χ3v) is 6.43. The van der Waals surface area contributed by atoms with E-state index in [4.69, 9.17) is 0 Å². The zero-order chi connectivity index (χ0) is 24.2. The smallest absolute Gasteiger partial charge is 0.275 e. The van der Waals surface area contributed by atoms with Gasteiger partial charge in [0.05, 0.1) is 16.1 Å². The highest BCUT2D eigenvalue weighted by atomic mass is 32.2. The standard InChI is InChI=1S/C24H26N6O3S/c1-4-5-13-34-24-27-23-25-16(3)20(22(31)26-17-10-8-9-15(2)14-17)21(29(23)28-24)18-11-6-7-12-19(18)30(32)33/h6-12,14,21H,4-5,13H2,1-3H3,(H,26,31)(H,25,27,28). The van der Waals surface area contributed by atoms with E-state index in [0.717, 1.165) is 24.2 Å². The molecule has 0 spiro atoms. The van der Waals surface area contributed by atoms with E-state index in [2.05, 4.69) is 27.6 Å². The molecule has 176 valence electrons. The van der Waals surface area contributed by atoms with Gasteiger partial charge in [0.15, 0.2) is 0 Å². The average molecular weight is 479 g/mol. The number of unbranched alkanes of at least 4 members (excludes halogenated alkanes) is 1. The molecule has 34 heavy (non-hydrogen) atoms. The van der Waals surface area contributed by atoms with Crippen LogP contribution >= 0.6 is 11.8 Å². The summed E-state index contributed by atoms with van der Waals surface area (Å²) in [7, 11) is 0. The van der Waals surface area contributed by atoms with Gasteiger partial charge in [-0.15, -0.1) is 5.10 Å². The molecule has 1 aromatic heterocycles. The van der Waals surface area contributed by atoms with Crippen molar-refractivity contribution in [3.63, 3.8) is 0 Å². The number of aryl methyl sites for hydroxylation is 1. The lowest BCUT2D eigenvalue weighted by Crippen LogP contribution is -2.32. The summed E-state index contributed by atoms with van der Waals surface area (Å²) in [6, 6.07) is 13.1. The second-order valence-electron chi connectivity index (χ2n) is 8.07. The Bertz CT molecular complexity index is 1270. The Morgan fingerprint density at radius 1 is 1.24 bits per heavy atom. The zero-order valence-corrected chi connectivity index (χ0v) is 20.1. The highest BCUT2D eigenvalue weighted by molar-refractivity contribution is 7.99. The predicted molar refractivity (Wildman–Crippen MR) is 133 cm³/mol. The third kappa shape index (κ3) is 4.81. The first-order valence-electron chi connectivity index (χ1n) is 11.1. The van der Waals surface area contributed by atoms with Crippen LogP contribution in [0, 0.1) is 17.0 Å². The summed E-state index contributed by atoms with van der Waals surface area (Å²) in [4.78, 5) is 29.5. The van der Waals surface area contributed by atoms with Crippen molar-refractivity contribution in [1.82, 2.24) is 14.8 Å². The number of carbonyl (C=O) groups is 1. The number of allylic oxidation sites excluding steroid dienone is 1. The van der Waals surface area contributed by atoms with E-state index in [-0.39, 0.29) is 11.6 Å². The minimum Gasteiger partial charge on any atom is -0.328 e. The summed E-state index contributed by atoms with van der Waals surface area (Å²) < 4.78 is 1.58. The molecule has 0 bridgehead atoms. The van der Waals surface area contributed by atoms with Gasteiger partial charge in [0.1, 0.15) is 6.04 Å². The van der Waals surface area contributed by atoms with E-state index >= 15 is 0 Å². The molecular weight excluding hydrogens is 452 g/mol. The van der Waals surface area contributed by atoms with Gasteiger partial charge in [-0.25, -0.2) is 4.68 Å². The van der Waals surface area contributed by atoms with Crippen molar-refractivity contribution in [2.75, 3.05) is 16.4 Å². The molecule has 3 aromatic rings. The predicted octanol–water partition coefficient (Wildman–Crippen LogP) is 5.31. The Labute approximate surface area is 201 Å². The van der Waals surface area contributed by atoms with E-state index in [9.17, 15) is 14.9 Å². The molecule has 0 saturated heterocycles. The fourth-order valence-electron chi connectivity index (χ4n) is 3.89. The molecule has 1 atom stereocenters. The number of anilines is 2. The van der Waals surface area contributed by atoms with Gasteiger partial charge in [0.2, 0.25) is 11.1 Å². The third-order valence-electron chi connectivity index (χ3n) is 5.51. The summed E-state index contributed by atoms with van der Waals surface area (Å²) in [5.74, 6) is 0.954. The summed E-state index contributed by atoms with van der Waals surface area (Å²) in [5, 5.41) is 23.2.